The quantitative estimate of drug-likeness (QED) is 0.834. The molecule has 2 aliphatic rings. The molecule has 4 heteroatoms. The highest BCUT2D eigenvalue weighted by atomic mass is 16.1. The minimum absolute atomic E-state index is 0.0580. The Balaban J connectivity index is 1.73. The highest BCUT2D eigenvalue weighted by Crippen LogP contribution is 2.40. The maximum absolute atomic E-state index is 12.5. The van der Waals surface area contributed by atoms with Crippen molar-refractivity contribution in [3.05, 3.63) is 41.6 Å². The molecule has 122 valence electrons. The van der Waals surface area contributed by atoms with E-state index in [1.165, 1.54) is 27.6 Å². The minimum Gasteiger partial charge on any atom is -0.361 e. The third kappa shape index (κ3) is 2.33. The van der Waals surface area contributed by atoms with Crippen LogP contribution in [0.3, 0.4) is 0 Å². The number of H-pyrrole nitrogens is 1. The fraction of sp³-hybridized carbons (Fsp3) is 0.350. The van der Waals surface area contributed by atoms with Crippen molar-refractivity contribution in [2.24, 2.45) is 5.92 Å². The Morgan fingerprint density at radius 1 is 1.46 bits per heavy atom. The van der Waals surface area contributed by atoms with Crippen LogP contribution in [-0.4, -0.2) is 42.0 Å². The molecule has 4 rings (SSSR count). The molecule has 1 amide bonds. The van der Waals surface area contributed by atoms with Gasteiger partial charge in [-0.05, 0) is 43.2 Å². The van der Waals surface area contributed by atoms with Crippen molar-refractivity contribution in [1.82, 2.24) is 15.2 Å². The number of fused-ring (bicyclic) bond motifs is 2. The summed E-state index contributed by atoms with van der Waals surface area (Å²) >= 11 is 0. The first-order valence-electron chi connectivity index (χ1n) is 8.37. The fourth-order valence-corrected chi connectivity index (χ4v) is 3.97. The molecule has 1 aromatic heterocycles. The predicted octanol–water partition coefficient (Wildman–Crippen LogP) is 2.18. The molecule has 2 aromatic rings. The van der Waals surface area contributed by atoms with E-state index in [2.05, 4.69) is 64.6 Å². The van der Waals surface area contributed by atoms with E-state index >= 15 is 0 Å². The molecule has 2 N–H and O–H groups in total. The zero-order chi connectivity index (χ0) is 16.7. The zero-order valence-electron chi connectivity index (χ0n) is 14.0. The number of amides is 1. The van der Waals surface area contributed by atoms with Gasteiger partial charge in [-0.15, -0.1) is 5.92 Å². The molecule has 1 aromatic carbocycles. The van der Waals surface area contributed by atoms with Crippen molar-refractivity contribution in [1.29, 1.82) is 0 Å². The van der Waals surface area contributed by atoms with Gasteiger partial charge in [0, 0.05) is 29.7 Å². The zero-order valence-corrected chi connectivity index (χ0v) is 14.0. The van der Waals surface area contributed by atoms with Crippen molar-refractivity contribution in [2.75, 3.05) is 20.1 Å². The second-order valence-corrected chi connectivity index (χ2v) is 6.57. The molecule has 0 saturated heterocycles. The summed E-state index contributed by atoms with van der Waals surface area (Å²) in [5.41, 5.74) is 5.09. The molecule has 24 heavy (non-hydrogen) atoms. The van der Waals surface area contributed by atoms with Crippen molar-refractivity contribution in [3.8, 4) is 11.8 Å². The van der Waals surface area contributed by atoms with Gasteiger partial charge in [0.15, 0.2) is 0 Å². The second-order valence-electron chi connectivity index (χ2n) is 6.57. The molecular formula is C20H21N3O. The van der Waals surface area contributed by atoms with E-state index in [4.69, 9.17) is 0 Å². The Bertz CT molecular complexity index is 896. The van der Waals surface area contributed by atoms with Crippen LogP contribution in [0.4, 0.5) is 0 Å². The predicted molar refractivity (Wildman–Crippen MR) is 96.3 cm³/mol. The highest BCUT2D eigenvalue weighted by Gasteiger charge is 2.35. The highest BCUT2D eigenvalue weighted by molar-refractivity contribution is 5.99. The number of benzene rings is 1. The molecule has 2 heterocycles. The number of aromatic amines is 1. The Hall–Kier alpha value is -2.51. The Kier molecular flexibility index (Phi) is 3.66. The van der Waals surface area contributed by atoms with Crippen LogP contribution in [0.5, 0.6) is 0 Å². The smallest absolute Gasteiger partial charge is 0.228 e. The number of carbonyl (C=O) groups excluding carboxylic acids is 1. The average Bonchev–Trinajstić information content (AvgIpc) is 3.00. The third-order valence-corrected chi connectivity index (χ3v) is 5.13. The first-order chi connectivity index (χ1) is 11.7. The largest absolute Gasteiger partial charge is 0.361 e. The van der Waals surface area contributed by atoms with Crippen LogP contribution in [-0.2, 0) is 11.2 Å². The van der Waals surface area contributed by atoms with Gasteiger partial charge in [-0.25, -0.2) is 0 Å². The van der Waals surface area contributed by atoms with Gasteiger partial charge >= 0.3 is 0 Å². The van der Waals surface area contributed by atoms with Crippen LogP contribution in [0, 0.1) is 17.8 Å². The third-order valence-electron chi connectivity index (χ3n) is 5.13. The molecule has 0 radical (unpaired) electrons. The van der Waals surface area contributed by atoms with E-state index in [-0.39, 0.29) is 11.8 Å². The molecule has 0 spiro atoms. The average molecular weight is 319 g/mol. The van der Waals surface area contributed by atoms with Crippen LogP contribution >= 0.6 is 0 Å². The Morgan fingerprint density at radius 2 is 2.33 bits per heavy atom. The van der Waals surface area contributed by atoms with E-state index < -0.39 is 0 Å². The number of nitrogens with one attached hydrogen (secondary N) is 2. The van der Waals surface area contributed by atoms with Crippen LogP contribution in [0.15, 0.2) is 30.5 Å². The van der Waals surface area contributed by atoms with Crippen molar-refractivity contribution in [2.45, 2.75) is 19.4 Å². The number of aromatic nitrogens is 1. The molecule has 0 fully saturated rings. The first kappa shape index (κ1) is 15.0. The van der Waals surface area contributed by atoms with Gasteiger partial charge in [0.2, 0.25) is 5.91 Å². The van der Waals surface area contributed by atoms with E-state index in [1.54, 1.807) is 6.92 Å². The number of nitrogens with zero attached hydrogens (tertiary/aromatic N) is 1. The van der Waals surface area contributed by atoms with Gasteiger partial charge in [0.05, 0.1) is 12.5 Å². The van der Waals surface area contributed by atoms with Crippen LogP contribution in [0.2, 0.25) is 0 Å². The van der Waals surface area contributed by atoms with Crippen molar-refractivity contribution >= 4 is 22.4 Å². The SMILES string of the molecule is CC#CCNC(=O)[C@@H]1C=C2c3cccc4[nH]cc(c34)C[C@H]2N(C)C1. The standard InChI is InChI=1S/C20H21N3O/c1-3-4-8-21-20(24)14-9-16-15-6-5-7-17-19(15)13(11-22-17)10-18(16)23(2)12-14/h5-7,9,11,14,18,22H,8,10,12H2,1-2H3,(H,21,24)/t14-,18-/m1/s1. The van der Waals surface area contributed by atoms with Gasteiger partial charge in [-0.3, -0.25) is 9.69 Å². The number of rotatable bonds is 2. The van der Waals surface area contributed by atoms with Crippen LogP contribution in [0.25, 0.3) is 16.5 Å². The lowest BCUT2D eigenvalue weighted by atomic mass is 9.80. The summed E-state index contributed by atoms with van der Waals surface area (Å²) in [5, 5.41) is 4.23. The lowest BCUT2D eigenvalue weighted by Gasteiger charge is -2.39. The van der Waals surface area contributed by atoms with E-state index in [9.17, 15) is 4.79 Å². The molecule has 0 saturated carbocycles. The van der Waals surface area contributed by atoms with Gasteiger partial charge in [-0.2, -0.15) is 0 Å². The molecule has 1 aliphatic heterocycles. The summed E-state index contributed by atoms with van der Waals surface area (Å²) in [7, 11) is 2.11. The van der Waals surface area contributed by atoms with Gasteiger partial charge in [0.1, 0.15) is 0 Å². The Morgan fingerprint density at radius 3 is 3.17 bits per heavy atom. The number of likely N-dealkylation sites (N-methyl/N-ethyl adjacent to an activating group) is 1. The lowest BCUT2D eigenvalue weighted by Crippen LogP contribution is -2.46. The molecule has 1 aliphatic carbocycles. The summed E-state index contributed by atoms with van der Waals surface area (Å²) in [6, 6.07) is 6.72. The second kappa shape index (κ2) is 5.85. The van der Waals surface area contributed by atoms with E-state index in [1.807, 2.05) is 0 Å². The van der Waals surface area contributed by atoms with Gasteiger partial charge in [-0.1, -0.05) is 24.1 Å². The monoisotopic (exact) mass is 319 g/mol. The number of hydrogen-bond donors (Lipinski definition) is 2. The normalized spacial score (nSPS) is 22.3. The molecule has 0 bridgehead atoms. The fourth-order valence-electron chi connectivity index (χ4n) is 3.97. The van der Waals surface area contributed by atoms with Gasteiger partial charge in [0.25, 0.3) is 0 Å². The number of carbonyl (C=O) groups is 1. The van der Waals surface area contributed by atoms with E-state index in [0.717, 1.165) is 13.0 Å². The van der Waals surface area contributed by atoms with Crippen LogP contribution in [0.1, 0.15) is 18.1 Å². The summed E-state index contributed by atoms with van der Waals surface area (Å²) in [6.45, 7) is 2.94. The maximum Gasteiger partial charge on any atom is 0.228 e. The molecular weight excluding hydrogens is 298 g/mol. The summed E-state index contributed by atoms with van der Waals surface area (Å²) < 4.78 is 0. The summed E-state index contributed by atoms with van der Waals surface area (Å²) in [6.07, 6.45) is 5.29. The maximum atomic E-state index is 12.5. The minimum atomic E-state index is -0.129. The van der Waals surface area contributed by atoms with Crippen molar-refractivity contribution in [3.63, 3.8) is 0 Å². The topological polar surface area (TPSA) is 48.1 Å². The molecule has 2 atom stereocenters. The van der Waals surface area contributed by atoms with Gasteiger partial charge < -0.3 is 10.3 Å². The molecule has 0 unspecified atom stereocenters. The Labute approximate surface area is 141 Å². The first-order valence-corrected chi connectivity index (χ1v) is 8.37. The van der Waals surface area contributed by atoms with E-state index in [0.29, 0.717) is 12.6 Å². The lowest BCUT2D eigenvalue weighted by molar-refractivity contribution is -0.124. The summed E-state index contributed by atoms with van der Waals surface area (Å²) in [4.78, 5) is 18.2. The van der Waals surface area contributed by atoms with Crippen molar-refractivity contribution < 1.29 is 4.79 Å². The number of hydrogen-bond acceptors (Lipinski definition) is 2. The van der Waals surface area contributed by atoms with Crippen LogP contribution < -0.4 is 5.32 Å². The molecule has 4 nitrogen and oxygen atoms in total. The summed E-state index contributed by atoms with van der Waals surface area (Å²) in [5.74, 6) is 5.63.